The van der Waals surface area contributed by atoms with Gasteiger partial charge in [0.25, 0.3) is 0 Å². The van der Waals surface area contributed by atoms with Crippen molar-refractivity contribution in [1.82, 2.24) is 0 Å². The average molecular weight is 242 g/mol. The monoisotopic (exact) mass is 242 g/mol. The van der Waals surface area contributed by atoms with Crippen LogP contribution in [0.3, 0.4) is 0 Å². The summed E-state index contributed by atoms with van der Waals surface area (Å²) in [6.07, 6.45) is 13.8. The Hall–Kier alpha value is 0.177. The van der Waals surface area contributed by atoms with E-state index in [0.717, 1.165) is 16.4 Å². The molecule has 0 amide bonds. The number of unbranched alkanes of at least 4 members (excludes halogenated alkanes) is 8. The topological polar surface area (TPSA) is 9.23 Å². The van der Waals surface area contributed by atoms with Crippen LogP contribution < -0.4 is 0 Å². The molecule has 0 aliphatic heterocycles. The van der Waals surface area contributed by atoms with Gasteiger partial charge in [-0.1, -0.05) is 71.6 Å². The van der Waals surface area contributed by atoms with Crippen molar-refractivity contribution in [2.75, 3.05) is 6.61 Å². The molecular formula is C14H30OSi. The Morgan fingerprint density at radius 3 is 1.81 bits per heavy atom. The van der Waals surface area contributed by atoms with Crippen LogP contribution >= 0.6 is 0 Å². The fourth-order valence-electron chi connectivity index (χ4n) is 1.73. The molecule has 0 heterocycles. The molecule has 0 fully saturated rings. The van der Waals surface area contributed by atoms with Crippen LogP contribution in [-0.2, 0) is 4.43 Å². The molecule has 96 valence electrons. The third-order valence-electron chi connectivity index (χ3n) is 2.80. The summed E-state index contributed by atoms with van der Waals surface area (Å²) in [5.74, 6) is 0. The van der Waals surface area contributed by atoms with Gasteiger partial charge in [-0.2, -0.15) is 0 Å². The lowest BCUT2D eigenvalue weighted by Crippen LogP contribution is -1.99. The SMILES string of the molecule is CCCCCCCCCCCO[Si]CCC. The van der Waals surface area contributed by atoms with Crippen molar-refractivity contribution in [2.45, 2.75) is 84.1 Å². The van der Waals surface area contributed by atoms with Crippen LogP contribution in [0.25, 0.3) is 0 Å². The third kappa shape index (κ3) is 14.2. The summed E-state index contributed by atoms with van der Waals surface area (Å²) in [6, 6.07) is 1.25. The molecule has 0 rings (SSSR count). The Morgan fingerprint density at radius 2 is 1.25 bits per heavy atom. The Kier molecular flexibility index (Phi) is 15.3. The average Bonchev–Trinajstić information content (AvgIpc) is 2.31. The Balaban J connectivity index is 2.83. The molecule has 16 heavy (non-hydrogen) atoms. The minimum Gasteiger partial charge on any atom is -0.417 e. The van der Waals surface area contributed by atoms with Crippen LogP contribution in [0.1, 0.15) is 78.1 Å². The van der Waals surface area contributed by atoms with Crippen LogP contribution in [0, 0.1) is 0 Å². The van der Waals surface area contributed by atoms with Crippen LogP contribution in [0.2, 0.25) is 6.04 Å². The van der Waals surface area contributed by atoms with Crippen LogP contribution in [0.15, 0.2) is 0 Å². The summed E-state index contributed by atoms with van der Waals surface area (Å²) in [6.45, 7) is 5.49. The van der Waals surface area contributed by atoms with Crippen molar-refractivity contribution < 1.29 is 4.43 Å². The van der Waals surface area contributed by atoms with E-state index in [1.54, 1.807) is 0 Å². The van der Waals surface area contributed by atoms with Gasteiger partial charge in [0, 0.05) is 6.61 Å². The second-order valence-electron chi connectivity index (χ2n) is 4.57. The molecule has 0 saturated heterocycles. The molecule has 0 aromatic heterocycles. The van der Waals surface area contributed by atoms with Gasteiger partial charge >= 0.3 is 0 Å². The summed E-state index contributed by atoms with van der Waals surface area (Å²) in [4.78, 5) is 0. The number of rotatable bonds is 13. The third-order valence-corrected chi connectivity index (χ3v) is 3.92. The lowest BCUT2D eigenvalue weighted by Gasteiger charge is -2.03. The largest absolute Gasteiger partial charge is 0.417 e. The summed E-state index contributed by atoms with van der Waals surface area (Å²) in [5, 5.41) is 0. The second kappa shape index (κ2) is 15.2. The molecule has 0 aliphatic carbocycles. The first kappa shape index (κ1) is 16.2. The normalized spacial score (nSPS) is 10.9. The predicted molar refractivity (Wildman–Crippen MR) is 74.0 cm³/mol. The lowest BCUT2D eigenvalue weighted by molar-refractivity contribution is 0.319. The first-order valence-electron chi connectivity index (χ1n) is 7.26. The maximum Gasteiger partial charge on any atom is 0.229 e. The first-order chi connectivity index (χ1) is 7.91. The number of hydrogen-bond acceptors (Lipinski definition) is 1. The molecule has 0 aromatic carbocycles. The van der Waals surface area contributed by atoms with E-state index in [4.69, 9.17) is 4.43 Å². The van der Waals surface area contributed by atoms with Gasteiger partial charge in [0.15, 0.2) is 0 Å². The molecule has 2 heteroatoms. The van der Waals surface area contributed by atoms with E-state index < -0.39 is 0 Å². The fourth-order valence-corrected chi connectivity index (χ4v) is 2.37. The molecule has 2 radical (unpaired) electrons. The Labute approximate surface area is 105 Å². The zero-order valence-electron chi connectivity index (χ0n) is 11.4. The van der Waals surface area contributed by atoms with E-state index >= 15 is 0 Å². The van der Waals surface area contributed by atoms with E-state index in [-0.39, 0.29) is 0 Å². The molecule has 0 bridgehead atoms. The van der Waals surface area contributed by atoms with Gasteiger partial charge in [0.1, 0.15) is 0 Å². The molecule has 0 aromatic rings. The number of hydrogen-bond donors (Lipinski definition) is 0. The first-order valence-corrected chi connectivity index (χ1v) is 8.38. The van der Waals surface area contributed by atoms with Gasteiger partial charge < -0.3 is 4.43 Å². The van der Waals surface area contributed by atoms with Crippen molar-refractivity contribution in [3.63, 3.8) is 0 Å². The lowest BCUT2D eigenvalue weighted by atomic mass is 10.1. The van der Waals surface area contributed by atoms with E-state index in [9.17, 15) is 0 Å². The highest BCUT2D eigenvalue weighted by Crippen LogP contribution is 2.09. The maximum absolute atomic E-state index is 5.56. The van der Waals surface area contributed by atoms with E-state index in [0.29, 0.717) is 0 Å². The smallest absolute Gasteiger partial charge is 0.229 e. The van der Waals surface area contributed by atoms with Crippen molar-refractivity contribution in [2.24, 2.45) is 0 Å². The minimum absolute atomic E-state index is 0.744. The fraction of sp³-hybridized carbons (Fsp3) is 1.00. The van der Waals surface area contributed by atoms with E-state index in [1.165, 1.54) is 70.3 Å². The van der Waals surface area contributed by atoms with Crippen molar-refractivity contribution >= 4 is 9.76 Å². The molecule has 1 nitrogen and oxygen atoms in total. The van der Waals surface area contributed by atoms with Crippen LogP contribution in [0.4, 0.5) is 0 Å². The minimum atomic E-state index is 0.744. The summed E-state index contributed by atoms with van der Waals surface area (Å²) < 4.78 is 5.56. The van der Waals surface area contributed by atoms with Crippen molar-refractivity contribution in [3.05, 3.63) is 0 Å². The maximum atomic E-state index is 5.56. The van der Waals surface area contributed by atoms with Crippen LogP contribution in [0.5, 0.6) is 0 Å². The predicted octanol–water partition coefficient (Wildman–Crippen LogP) is 4.98. The molecule has 0 atom stereocenters. The van der Waals surface area contributed by atoms with Gasteiger partial charge in [-0.05, 0) is 12.5 Å². The molecule has 0 aliphatic rings. The Morgan fingerprint density at radius 1 is 0.688 bits per heavy atom. The highest BCUT2D eigenvalue weighted by Gasteiger charge is 1.93. The standard InChI is InChI=1S/C14H30OSi/c1-3-5-6-7-8-9-10-11-12-13-15-16-14-4-2/h3-14H2,1-2H3. The molecular weight excluding hydrogens is 212 g/mol. The van der Waals surface area contributed by atoms with Gasteiger partial charge in [0.2, 0.25) is 9.76 Å². The summed E-state index contributed by atoms with van der Waals surface area (Å²) >= 11 is 0. The molecule has 0 unspecified atom stereocenters. The molecule has 0 N–H and O–H groups in total. The Bertz CT molecular complexity index is 103. The summed E-state index contributed by atoms with van der Waals surface area (Å²) in [7, 11) is 0.744. The molecule has 0 spiro atoms. The van der Waals surface area contributed by atoms with Gasteiger partial charge in [-0.15, -0.1) is 0 Å². The van der Waals surface area contributed by atoms with Gasteiger partial charge in [0.05, 0.1) is 0 Å². The summed E-state index contributed by atoms with van der Waals surface area (Å²) in [5.41, 5.74) is 0. The molecule has 0 saturated carbocycles. The quantitative estimate of drug-likeness (QED) is 0.327. The van der Waals surface area contributed by atoms with E-state index in [2.05, 4.69) is 13.8 Å². The van der Waals surface area contributed by atoms with Crippen molar-refractivity contribution in [3.8, 4) is 0 Å². The highest BCUT2D eigenvalue weighted by atomic mass is 28.2. The second-order valence-corrected chi connectivity index (χ2v) is 5.65. The zero-order valence-corrected chi connectivity index (χ0v) is 12.4. The van der Waals surface area contributed by atoms with Crippen molar-refractivity contribution in [1.29, 1.82) is 0 Å². The van der Waals surface area contributed by atoms with Gasteiger partial charge in [-0.3, -0.25) is 0 Å². The van der Waals surface area contributed by atoms with E-state index in [1.807, 2.05) is 0 Å². The van der Waals surface area contributed by atoms with Gasteiger partial charge in [-0.25, -0.2) is 0 Å². The highest BCUT2D eigenvalue weighted by molar-refractivity contribution is 6.26. The van der Waals surface area contributed by atoms with Crippen LogP contribution in [-0.4, -0.2) is 16.4 Å². The zero-order chi connectivity index (χ0) is 11.9.